The summed E-state index contributed by atoms with van der Waals surface area (Å²) in [7, 11) is 1.67. The van der Waals surface area contributed by atoms with Crippen LogP contribution in [0.15, 0.2) is 54.0 Å². The van der Waals surface area contributed by atoms with Crippen molar-refractivity contribution in [2.24, 2.45) is 0 Å². The zero-order chi connectivity index (χ0) is 20.3. The summed E-state index contributed by atoms with van der Waals surface area (Å²) in [5, 5.41) is 12.1. The molecule has 0 bridgehead atoms. The highest BCUT2D eigenvalue weighted by Crippen LogP contribution is 2.37. The van der Waals surface area contributed by atoms with Gasteiger partial charge >= 0.3 is 5.97 Å². The monoisotopic (exact) mass is 395 g/mol. The van der Waals surface area contributed by atoms with Gasteiger partial charge in [0.05, 0.1) is 13.5 Å². The van der Waals surface area contributed by atoms with Gasteiger partial charge < -0.3 is 9.84 Å². The van der Waals surface area contributed by atoms with Gasteiger partial charge in [-0.1, -0.05) is 51.1 Å². The van der Waals surface area contributed by atoms with Gasteiger partial charge in [-0.15, -0.1) is 11.3 Å². The molecular formula is C23H25NO3S. The molecular weight excluding hydrogens is 370 g/mol. The van der Waals surface area contributed by atoms with Crippen LogP contribution in [0.2, 0.25) is 0 Å². The Balaban J connectivity index is 2.09. The maximum absolute atomic E-state index is 11.4. The minimum atomic E-state index is -0.835. The number of aromatic nitrogens is 1. The van der Waals surface area contributed by atoms with Gasteiger partial charge in [0, 0.05) is 23.1 Å². The van der Waals surface area contributed by atoms with E-state index in [1.165, 1.54) is 16.9 Å². The fraction of sp³-hybridized carbons (Fsp3) is 0.304. The lowest BCUT2D eigenvalue weighted by Gasteiger charge is -2.21. The molecule has 1 N–H and O–H groups in total. The quantitative estimate of drug-likeness (QED) is 0.580. The van der Waals surface area contributed by atoms with Crippen molar-refractivity contribution in [3.8, 4) is 16.9 Å². The predicted octanol–water partition coefficient (Wildman–Crippen LogP) is 5.72. The van der Waals surface area contributed by atoms with E-state index in [4.69, 9.17) is 4.74 Å². The highest BCUT2D eigenvalue weighted by molar-refractivity contribution is 7.09. The third kappa shape index (κ3) is 4.42. The molecule has 5 heteroatoms. The number of ether oxygens (including phenoxy) is 1. The third-order valence-corrected chi connectivity index (χ3v) is 5.68. The van der Waals surface area contributed by atoms with E-state index < -0.39 is 5.97 Å². The van der Waals surface area contributed by atoms with Crippen LogP contribution in [0.5, 0.6) is 5.75 Å². The van der Waals surface area contributed by atoms with Crippen LogP contribution in [0.25, 0.3) is 11.1 Å². The molecule has 1 aromatic heterocycles. The molecule has 146 valence electrons. The number of nitrogens with zero attached hydrogens (tertiary/aromatic N) is 1. The van der Waals surface area contributed by atoms with Crippen molar-refractivity contribution in [1.82, 2.24) is 4.98 Å². The summed E-state index contributed by atoms with van der Waals surface area (Å²) in [6.45, 7) is 6.54. The van der Waals surface area contributed by atoms with E-state index in [-0.39, 0.29) is 17.8 Å². The van der Waals surface area contributed by atoms with E-state index in [1.54, 1.807) is 13.3 Å². The number of benzene rings is 2. The van der Waals surface area contributed by atoms with Crippen molar-refractivity contribution in [2.75, 3.05) is 7.11 Å². The Bertz CT molecular complexity index is 958. The van der Waals surface area contributed by atoms with E-state index in [9.17, 15) is 9.90 Å². The van der Waals surface area contributed by atoms with Gasteiger partial charge in [0.15, 0.2) is 0 Å². The van der Waals surface area contributed by atoms with E-state index >= 15 is 0 Å². The first-order valence-electron chi connectivity index (χ1n) is 9.19. The normalized spacial score (nSPS) is 12.6. The summed E-state index contributed by atoms with van der Waals surface area (Å²) >= 11 is 1.48. The minimum absolute atomic E-state index is 0.0101. The summed E-state index contributed by atoms with van der Waals surface area (Å²) in [6, 6.07) is 14.3. The molecule has 1 atom stereocenters. The van der Waals surface area contributed by atoms with E-state index in [1.807, 2.05) is 29.6 Å². The number of rotatable bonds is 6. The molecule has 2 aromatic carbocycles. The first-order valence-corrected chi connectivity index (χ1v) is 10.1. The van der Waals surface area contributed by atoms with Gasteiger partial charge in [0.2, 0.25) is 0 Å². The largest absolute Gasteiger partial charge is 0.496 e. The molecule has 3 rings (SSSR count). The average molecular weight is 396 g/mol. The second-order valence-corrected chi connectivity index (χ2v) is 8.74. The molecule has 1 unspecified atom stereocenters. The number of methoxy groups -OCH3 is 1. The maximum Gasteiger partial charge on any atom is 0.304 e. The molecule has 0 saturated carbocycles. The molecule has 0 fully saturated rings. The maximum atomic E-state index is 11.4. The third-order valence-electron chi connectivity index (χ3n) is 4.79. The first-order chi connectivity index (χ1) is 13.3. The SMILES string of the molecule is COc1ccc(C(C)(C)C)cc1-c1cccc(C(CC(=O)O)c2nccs2)c1. The Hall–Kier alpha value is -2.66. The molecule has 0 radical (unpaired) electrons. The van der Waals surface area contributed by atoms with Crippen LogP contribution in [-0.2, 0) is 10.2 Å². The zero-order valence-corrected chi connectivity index (χ0v) is 17.4. The molecule has 4 nitrogen and oxygen atoms in total. The molecule has 3 aromatic rings. The summed E-state index contributed by atoms with van der Waals surface area (Å²) in [4.78, 5) is 15.8. The topological polar surface area (TPSA) is 59.4 Å². The number of hydrogen-bond donors (Lipinski definition) is 1. The van der Waals surface area contributed by atoms with Crippen LogP contribution in [-0.4, -0.2) is 23.2 Å². The lowest BCUT2D eigenvalue weighted by molar-refractivity contribution is -0.137. The van der Waals surface area contributed by atoms with Crippen LogP contribution < -0.4 is 4.74 Å². The van der Waals surface area contributed by atoms with Crippen LogP contribution in [0.1, 0.15) is 49.2 Å². The van der Waals surface area contributed by atoms with Crippen LogP contribution in [0.4, 0.5) is 0 Å². The zero-order valence-electron chi connectivity index (χ0n) is 16.6. The van der Waals surface area contributed by atoms with E-state index in [2.05, 4.69) is 44.0 Å². The fourth-order valence-corrected chi connectivity index (χ4v) is 4.02. The molecule has 28 heavy (non-hydrogen) atoms. The highest BCUT2D eigenvalue weighted by atomic mass is 32.1. The Kier molecular flexibility index (Phi) is 5.84. The Morgan fingerprint density at radius 3 is 2.61 bits per heavy atom. The summed E-state index contributed by atoms with van der Waals surface area (Å²) in [5.74, 6) is -0.304. The fourth-order valence-electron chi connectivity index (χ4n) is 3.25. The number of hydrogen-bond acceptors (Lipinski definition) is 4. The van der Waals surface area contributed by atoms with E-state index in [0.29, 0.717) is 0 Å². The second kappa shape index (κ2) is 8.15. The highest BCUT2D eigenvalue weighted by Gasteiger charge is 2.22. The Labute approximate surface area is 169 Å². The van der Waals surface area contributed by atoms with Crippen molar-refractivity contribution in [3.05, 3.63) is 70.2 Å². The van der Waals surface area contributed by atoms with Gasteiger partial charge in [-0.05, 0) is 34.2 Å². The number of carboxylic acids is 1. The standard InChI is InChI=1S/C23H25NO3S/c1-23(2,3)17-8-9-20(27-4)18(13-17)15-6-5-7-16(12-15)19(14-21(25)26)22-24-10-11-28-22/h5-13,19H,14H2,1-4H3,(H,25,26). The van der Waals surface area contributed by atoms with Crippen molar-refractivity contribution in [3.63, 3.8) is 0 Å². The summed E-state index contributed by atoms with van der Waals surface area (Å²) in [5.41, 5.74) is 4.19. The van der Waals surface area contributed by atoms with Gasteiger partial charge in [-0.2, -0.15) is 0 Å². The van der Waals surface area contributed by atoms with Crippen LogP contribution in [0, 0.1) is 0 Å². The lowest BCUT2D eigenvalue weighted by atomic mass is 9.84. The van der Waals surface area contributed by atoms with Crippen molar-refractivity contribution in [2.45, 2.75) is 38.5 Å². The van der Waals surface area contributed by atoms with Crippen LogP contribution >= 0.6 is 11.3 Å². The lowest BCUT2D eigenvalue weighted by Crippen LogP contribution is -2.11. The number of thiazole rings is 1. The van der Waals surface area contributed by atoms with Gasteiger partial charge in [-0.25, -0.2) is 4.98 Å². The molecule has 0 aliphatic carbocycles. The molecule has 0 saturated heterocycles. The predicted molar refractivity (Wildman–Crippen MR) is 113 cm³/mol. The summed E-state index contributed by atoms with van der Waals surface area (Å²) < 4.78 is 5.60. The molecule has 0 aliphatic rings. The number of carbonyl (C=O) groups is 1. The molecule has 0 aliphatic heterocycles. The van der Waals surface area contributed by atoms with Crippen molar-refractivity contribution >= 4 is 17.3 Å². The van der Waals surface area contributed by atoms with E-state index in [0.717, 1.165) is 27.4 Å². The van der Waals surface area contributed by atoms with Gasteiger partial charge in [-0.3, -0.25) is 4.79 Å². The smallest absolute Gasteiger partial charge is 0.304 e. The van der Waals surface area contributed by atoms with Crippen LogP contribution in [0.3, 0.4) is 0 Å². The van der Waals surface area contributed by atoms with Crippen molar-refractivity contribution in [1.29, 1.82) is 0 Å². The number of aliphatic carboxylic acids is 1. The second-order valence-electron chi connectivity index (χ2n) is 7.81. The Morgan fingerprint density at radius 2 is 2.00 bits per heavy atom. The molecule has 0 spiro atoms. The molecule has 0 amide bonds. The van der Waals surface area contributed by atoms with Gasteiger partial charge in [0.1, 0.15) is 10.8 Å². The van der Waals surface area contributed by atoms with Gasteiger partial charge in [0.25, 0.3) is 0 Å². The molecule has 1 heterocycles. The average Bonchev–Trinajstić information content (AvgIpc) is 3.19. The summed E-state index contributed by atoms with van der Waals surface area (Å²) in [6.07, 6.45) is 1.73. The first kappa shape index (κ1) is 20.1. The number of carboxylic acid groups (broad SMARTS) is 1. The Morgan fingerprint density at radius 1 is 1.21 bits per heavy atom. The minimum Gasteiger partial charge on any atom is -0.496 e. The van der Waals surface area contributed by atoms with Crippen molar-refractivity contribution < 1.29 is 14.6 Å².